The summed E-state index contributed by atoms with van der Waals surface area (Å²) >= 11 is 0. The van der Waals surface area contributed by atoms with Crippen LogP contribution in [0.25, 0.3) is 111 Å². The summed E-state index contributed by atoms with van der Waals surface area (Å²) < 4.78 is 4.67. The van der Waals surface area contributed by atoms with E-state index >= 15 is 0 Å². The molecule has 0 fully saturated rings. The molecule has 0 bridgehead atoms. The number of fused-ring (bicyclic) bond motifs is 10. The molecule has 1 aliphatic rings. The summed E-state index contributed by atoms with van der Waals surface area (Å²) in [4.78, 5) is 16.7. The van der Waals surface area contributed by atoms with Crippen LogP contribution in [-0.2, 0) is 5.41 Å². The van der Waals surface area contributed by atoms with Crippen LogP contribution in [0.5, 0.6) is 0 Å². The summed E-state index contributed by atoms with van der Waals surface area (Å²) in [6.07, 6.45) is 0. The molecule has 0 amide bonds. The lowest BCUT2D eigenvalue weighted by Crippen LogP contribution is -2.17. The second-order valence-corrected chi connectivity index (χ2v) is 17.6. The van der Waals surface area contributed by atoms with Gasteiger partial charge < -0.3 is 4.57 Å². The molecule has 0 N–H and O–H groups in total. The molecule has 3 heterocycles. The summed E-state index contributed by atoms with van der Waals surface area (Å²) in [5, 5.41) is 4.65. The Balaban J connectivity index is 1.13. The maximum absolute atomic E-state index is 5.61. The van der Waals surface area contributed by atoms with E-state index in [0.717, 1.165) is 60.8 Å². The van der Waals surface area contributed by atoms with Gasteiger partial charge in [0.25, 0.3) is 0 Å². The topological polar surface area (TPSA) is 48.5 Å². The van der Waals surface area contributed by atoms with Crippen molar-refractivity contribution in [2.75, 3.05) is 0 Å². The molecule has 5 nitrogen and oxygen atoms in total. The van der Waals surface area contributed by atoms with Crippen LogP contribution in [0.3, 0.4) is 0 Å². The molecular weight excluding hydrogens is 791 g/mol. The average Bonchev–Trinajstić information content (AvgIpc) is 3.97. The summed E-state index contributed by atoms with van der Waals surface area (Å²) in [5.41, 5.74) is 16.7. The van der Waals surface area contributed by atoms with E-state index in [1.807, 2.05) is 0 Å². The normalized spacial score (nSPS) is 12.9. The van der Waals surface area contributed by atoms with Gasteiger partial charge in [-0.3, -0.25) is 4.57 Å². The zero-order chi connectivity index (χ0) is 43.2. The van der Waals surface area contributed by atoms with Gasteiger partial charge in [0.2, 0.25) is 5.95 Å². The summed E-state index contributed by atoms with van der Waals surface area (Å²) in [6, 6.07) is 75.8. The molecule has 0 radical (unpaired) electrons. The Bertz CT molecular complexity index is 3860. The molecule has 306 valence electrons. The van der Waals surface area contributed by atoms with Crippen LogP contribution in [-0.4, -0.2) is 24.1 Å². The molecule has 5 heteroatoms. The third-order valence-electron chi connectivity index (χ3n) is 13.6. The van der Waals surface area contributed by atoms with Gasteiger partial charge in [-0.2, -0.15) is 9.97 Å². The van der Waals surface area contributed by atoms with E-state index < -0.39 is 0 Å². The summed E-state index contributed by atoms with van der Waals surface area (Å²) in [6.45, 7) is 4.70. The first-order chi connectivity index (χ1) is 32.0. The molecule has 3 aromatic heterocycles. The van der Waals surface area contributed by atoms with Crippen molar-refractivity contribution in [3.05, 3.63) is 223 Å². The van der Waals surface area contributed by atoms with Gasteiger partial charge in [-0.25, -0.2) is 4.98 Å². The van der Waals surface area contributed by atoms with Crippen LogP contribution in [0, 0.1) is 0 Å². The van der Waals surface area contributed by atoms with E-state index in [-0.39, 0.29) is 5.41 Å². The van der Waals surface area contributed by atoms with Crippen molar-refractivity contribution in [1.29, 1.82) is 0 Å². The molecule has 0 unspecified atom stereocenters. The smallest absolute Gasteiger partial charge is 0.238 e. The van der Waals surface area contributed by atoms with Crippen LogP contribution in [0.4, 0.5) is 0 Å². The van der Waals surface area contributed by atoms with Gasteiger partial charge in [-0.1, -0.05) is 190 Å². The van der Waals surface area contributed by atoms with Crippen molar-refractivity contribution < 1.29 is 0 Å². The standard InChI is InChI=1S/C60H41N5/c1-60(2)51-32-14-11-27-44(51)47-35-36-49-46-29-13-16-34-53(46)65(56(49)54(47)60)59-62-57(40-22-17-21-39(37-40)43-26-10-9-25-42(43)38-19-5-3-6-20-38)61-58(63-59)50-31-18-30-48-45-28-12-15-33-52(45)64(55(48)50)41-23-7-4-8-24-41/h3-37H,1-2H3. The molecule has 0 saturated heterocycles. The third kappa shape index (κ3) is 5.62. The number of nitrogens with zero attached hydrogens (tertiary/aromatic N) is 5. The Kier molecular flexibility index (Phi) is 8.18. The molecule has 9 aromatic carbocycles. The zero-order valence-electron chi connectivity index (χ0n) is 35.9. The van der Waals surface area contributed by atoms with Crippen LogP contribution in [0.15, 0.2) is 212 Å². The Morgan fingerprint density at radius 1 is 0.354 bits per heavy atom. The summed E-state index contributed by atoms with van der Waals surface area (Å²) in [7, 11) is 0. The highest BCUT2D eigenvalue weighted by atomic mass is 15.2. The lowest BCUT2D eigenvalue weighted by Gasteiger charge is -2.23. The van der Waals surface area contributed by atoms with E-state index in [0.29, 0.717) is 17.6 Å². The Labute approximate surface area is 376 Å². The average molecular weight is 832 g/mol. The van der Waals surface area contributed by atoms with E-state index in [2.05, 4.69) is 235 Å². The van der Waals surface area contributed by atoms with Crippen molar-refractivity contribution in [3.8, 4) is 67.8 Å². The minimum atomic E-state index is -0.279. The van der Waals surface area contributed by atoms with Crippen molar-refractivity contribution >= 4 is 43.6 Å². The predicted molar refractivity (Wildman–Crippen MR) is 268 cm³/mol. The maximum atomic E-state index is 5.61. The number of rotatable bonds is 6. The van der Waals surface area contributed by atoms with Gasteiger partial charge in [0.1, 0.15) is 0 Å². The van der Waals surface area contributed by atoms with Crippen LogP contribution < -0.4 is 0 Å². The molecule has 0 atom stereocenters. The second kappa shape index (κ2) is 14.3. The molecule has 65 heavy (non-hydrogen) atoms. The third-order valence-corrected chi connectivity index (χ3v) is 13.6. The van der Waals surface area contributed by atoms with Crippen molar-refractivity contribution in [3.63, 3.8) is 0 Å². The first kappa shape index (κ1) is 37.2. The minimum absolute atomic E-state index is 0.279. The fourth-order valence-electron chi connectivity index (χ4n) is 10.7. The molecule has 0 aliphatic heterocycles. The highest BCUT2D eigenvalue weighted by Gasteiger charge is 2.38. The first-order valence-electron chi connectivity index (χ1n) is 22.3. The van der Waals surface area contributed by atoms with Crippen LogP contribution in [0.2, 0.25) is 0 Å². The van der Waals surface area contributed by atoms with Crippen LogP contribution >= 0.6 is 0 Å². The number of hydrogen-bond donors (Lipinski definition) is 0. The number of aromatic nitrogens is 5. The van der Waals surface area contributed by atoms with E-state index in [1.54, 1.807) is 0 Å². The Morgan fingerprint density at radius 2 is 0.892 bits per heavy atom. The van der Waals surface area contributed by atoms with E-state index in [4.69, 9.17) is 15.0 Å². The quantitative estimate of drug-likeness (QED) is 0.168. The van der Waals surface area contributed by atoms with Crippen LogP contribution in [0.1, 0.15) is 25.0 Å². The Morgan fingerprint density at radius 3 is 1.66 bits per heavy atom. The largest absolute Gasteiger partial charge is 0.309 e. The van der Waals surface area contributed by atoms with Gasteiger partial charge in [0.15, 0.2) is 11.6 Å². The van der Waals surface area contributed by atoms with Gasteiger partial charge in [-0.15, -0.1) is 0 Å². The minimum Gasteiger partial charge on any atom is -0.309 e. The van der Waals surface area contributed by atoms with Gasteiger partial charge in [0, 0.05) is 43.8 Å². The first-order valence-corrected chi connectivity index (χ1v) is 22.3. The second-order valence-electron chi connectivity index (χ2n) is 17.6. The molecule has 13 rings (SSSR count). The van der Waals surface area contributed by atoms with Gasteiger partial charge >= 0.3 is 0 Å². The predicted octanol–water partition coefficient (Wildman–Crippen LogP) is 15.0. The van der Waals surface area contributed by atoms with Crippen molar-refractivity contribution in [1.82, 2.24) is 24.1 Å². The number of hydrogen-bond acceptors (Lipinski definition) is 3. The fourth-order valence-corrected chi connectivity index (χ4v) is 10.7. The van der Waals surface area contributed by atoms with E-state index in [9.17, 15) is 0 Å². The SMILES string of the molecule is CC1(C)c2ccccc2-c2ccc3c4ccccc4n(-c4nc(-c5cccc(-c6ccccc6-c6ccccc6)c5)nc(-c5cccc6c7ccccc7n(-c7ccccc7)c56)n4)c3c21. The highest BCUT2D eigenvalue weighted by Crippen LogP contribution is 2.53. The zero-order valence-corrected chi connectivity index (χ0v) is 35.9. The molecule has 1 aliphatic carbocycles. The lowest BCUT2D eigenvalue weighted by molar-refractivity contribution is 0.663. The number of benzene rings is 9. The van der Waals surface area contributed by atoms with Crippen molar-refractivity contribution in [2.45, 2.75) is 19.3 Å². The monoisotopic (exact) mass is 831 g/mol. The molecular formula is C60H41N5. The maximum Gasteiger partial charge on any atom is 0.238 e. The number of para-hydroxylation sites is 4. The molecule has 0 saturated carbocycles. The molecule has 0 spiro atoms. The molecule has 12 aromatic rings. The summed E-state index contributed by atoms with van der Waals surface area (Å²) in [5.74, 6) is 1.78. The highest BCUT2D eigenvalue weighted by molar-refractivity contribution is 6.14. The fraction of sp³-hybridized carbons (Fsp3) is 0.0500. The van der Waals surface area contributed by atoms with E-state index in [1.165, 1.54) is 44.2 Å². The van der Waals surface area contributed by atoms with Crippen molar-refractivity contribution in [2.24, 2.45) is 0 Å². The Hall–Kier alpha value is -8.41. The lowest BCUT2D eigenvalue weighted by atomic mass is 9.81. The van der Waals surface area contributed by atoms with Gasteiger partial charge in [0.05, 0.1) is 22.1 Å². The van der Waals surface area contributed by atoms with Gasteiger partial charge in [-0.05, 0) is 80.9 Å².